The number of hydrogen-bond donors (Lipinski definition) is 0. The lowest BCUT2D eigenvalue weighted by atomic mass is 9.85. The zero-order valence-corrected chi connectivity index (χ0v) is 17.3. The number of rotatable bonds is 10. The molecule has 2 aromatic rings. The molecule has 0 radical (unpaired) electrons. The van der Waals surface area contributed by atoms with Crippen LogP contribution in [-0.4, -0.2) is 23.5 Å². The lowest BCUT2D eigenvalue weighted by Crippen LogP contribution is -2.32. The predicted octanol–water partition coefficient (Wildman–Crippen LogP) is 5.64. The monoisotopic (exact) mass is 371 g/mol. The van der Waals surface area contributed by atoms with Gasteiger partial charge in [0.25, 0.3) is 0 Å². The highest BCUT2D eigenvalue weighted by molar-refractivity contribution is 5.75. The fourth-order valence-electron chi connectivity index (χ4n) is 3.35. The van der Waals surface area contributed by atoms with Crippen LogP contribution in [0.25, 0.3) is 0 Å². The number of amides is 1. The van der Waals surface area contributed by atoms with E-state index in [0.717, 1.165) is 24.5 Å². The van der Waals surface area contributed by atoms with E-state index in [-0.39, 0.29) is 12.0 Å². The molecular formula is C23H33NO3. The lowest BCUT2D eigenvalue weighted by molar-refractivity contribution is -0.131. The maximum atomic E-state index is 12.4. The number of carbonyl (C=O) groups excluding carboxylic acids is 1. The van der Waals surface area contributed by atoms with E-state index in [2.05, 4.69) is 26.0 Å². The summed E-state index contributed by atoms with van der Waals surface area (Å²) in [6.45, 7) is 11.7. The van der Waals surface area contributed by atoms with Crippen LogP contribution in [0.2, 0.25) is 0 Å². The van der Waals surface area contributed by atoms with Crippen molar-refractivity contribution < 1.29 is 13.9 Å². The molecule has 0 saturated carbocycles. The van der Waals surface area contributed by atoms with Gasteiger partial charge in [0.1, 0.15) is 11.5 Å². The van der Waals surface area contributed by atoms with Gasteiger partial charge in [0.15, 0.2) is 0 Å². The fourth-order valence-corrected chi connectivity index (χ4v) is 3.35. The molecule has 0 unspecified atom stereocenters. The smallest absolute Gasteiger partial charge is 0.222 e. The van der Waals surface area contributed by atoms with E-state index >= 15 is 0 Å². The summed E-state index contributed by atoms with van der Waals surface area (Å²) in [4.78, 5) is 14.3. The molecular weight excluding hydrogens is 338 g/mol. The molecule has 4 heteroatoms. The molecule has 4 nitrogen and oxygen atoms in total. The summed E-state index contributed by atoms with van der Waals surface area (Å²) in [6.07, 6.45) is 3.26. The van der Waals surface area contributed by atoms with Crippen molar-refractivity contribution in [1.29, 1.82) is 0 Å². The third-order valence-electron chi connectivity index (χ3n) is 4.78. The van der Waals surface area contributed by atoms with Gasteiger partial charge in [-0.1, -0.05) is 32.9 Å². The Morgan fingerprint density at radius 3 is 2.33 bits per heavy atom. The summed E-state index contributed by atoms with van der Waals surface area (Å²) in [7, 11) is 0. The zero-order chi connectivity index (χ0) is 19.8. The highest BCUT2D eigenvalue weighted by Gasteiger charge is 2.20. The Labute approximate surface area is 163 Å². The molecule has 1 amide bonds. The molecule has 0 spiro atoms. The van der Waals surface area contributed by atoms with Gasteiger partial charge in [-0.3, -0.25) is 4.79 Å². The minimum Gasteiger partial charge on any atom is -0.491 e. The summed E-state index contributed by atoms with van der Waals surface area (Å²) >= 11 is 0. The second-order valence-electron chi connectivity index (χ2n) is 7.62. The van der Waals surface area contributed by atoms with Gasteiger partial charge in [-0.15, -0.1) is 0 Å². The van der Waals surface area contributed by atoms with Crippen molar-refractivity contribution in [2.45, 2.75) is 66.0 Å². The number of ether oxygens (including phenoxy) is 1. The highest BCUT2D eigenvalue weighted by atomic mass is 16.5. The Morgan fingerprint density at radius 2 is 1.81 bits per heavy atom. The van der Waals surface area contributed by atoms with Crippen molar-refractivity contribution in [3.8, 4) is 5.75 Å². The topological polar surface area (TPSA) is 42.7 Å². The Kier molecular flexibility index (Phi) is 7.96. The van der Waals surface area contributed by atoms with Crippen molar-refractivity contribution in [3.63, 3.8) is 0 Å². The quantitative estimate of drug-likeness (QED) is 0.543. The van der Waals surface area contributed by atoms with Crippen LogP contribution in [0.4, 0.5) is 0 Å². The largest absolute Gasteiger partial charge is 0.491 e. The Bertz CT molecular complexity index is 674. The number of hydrogen-bond acceptors (Lipinski definition) is 3. The van der Waals surface area contributed by atoms with Crippen LogP contribution < -0.4 is 4.74 Å². The van der Waals surface area contributed by atoms with Gasteiger partial charge in [0.05, 0.1) is 18.9 Å². The first-order valence-corrected chi connectivity index (χ1v) is 9.97. The van der Waals surface area contributed by atoms with Gasteiger partial charge in [0.2, 0.25) is 5.91 Å². The summed E-state index contributed by atoms with van der Waals surface area (Å²) in [5.74, 6) is 2.77. The molecule has 2 rings (SSSR count). The summed E-state index contributed by atoms with van der Waals surface area (Å²) < 4.78 is 11.2. The van der Waals surface area contributed by atoms with Crippen LogP contribution in [0, 0.1) is 5.92 Å². The van der Waals surface area contributed by atoms with E-state index in [1.165, 1.54) is 5.56 Å². The van der Waals surface area contributed by atoms with Crippen LogP contribution in [0.15, 0.2) is 47.1 Å². The maximum absolute atomic E-state index is 12.4. The van der Waals surface area contributed by atoms with Crippen LogP contribution in [0.3, 0.4) is 0 Å². The molecule has 0 aliphatic rings. The van der Waals surface area contributed by atoms with Gasteiger partial charge in [-0.25, -0.2) is 0 Å². The van der Waals surface area contributed by atoms with Crippen molar-refractivity contribution in [2.75, 3.05) is 6.54 Å². The lowest BCUT2D eigenvalue weighted by Gasteiger charge is -2.27. The molecule has 1 aromatic carbocycles. The average Bonchev–Trinajstić information content (AvgIpc) is 3.14. The number of carbonyl (C=O) groups is 1. The third kappa shape index (κ3) is 6.46. The normalized spacial score (nSPS) is 12.4. The Morgan fingerprint density at radius 1 is 1.11 bits per heavy atom. The Hall–Kier alpha value is -2.23. The predicted molar refractivity (Wildman–Crippen MR) is 109 cm³/mol. The SMILES string of the molecule is CCC(=O)N(CC[C@H](c1ccc(OC(C)C)cc1)C(C)C)Cc1ccco1. The first-order valence-electron chi connectivity index (χ1n) is 9.97. The number of benzene rings is 1. The molecule has 1 aromatic heterocycles. The molecule has 0 bridgehead atoms. The van der Waals surface area contributed by atoms with Crippen molar-refractivity contribution in [2.24, 2.45) is 5.92 Å². The molecule has 1 atom stereocenters. The average molecular weight is 372 g/mol. The minimum atomic E-state index is 0.162. The molecule has 148 valence electrons. The zero-order valence-electron chi connectivity index (χ0n) is 17.3. The molecule has 27 heavy (non-hydrogen) atoms. The van der Waals surface area contributed by atoms with E-state index < -0.39 is 0 Å². The van der Waals surface area contributed by atoms with Crippen molar-refractivity contribution in [1.82, 2.24) is 4.90 Å². The standard InChI is InChI=1S/C23H33NO3/c1-6-23(25)24(16-21-8-7-15-26-21)14-13-22(17(2)3)19-9-11-20(12-10-19)27-18(4)5/h7-12,15,17-18,22H,6,13-14,16H2,1-5H3/t22-/m0/s1. The minimum absolute atomic E-state index is 0.162. The van der Waals surface area contributed by atoms with Crippen LogP contribution >= 0.6 is 0 Å². The van der Waals surface area contributed by atoms with Crippen LogP contribution in [-0.2, 0) is 11.3 Å². The number of nitrogens with zero attached hydrogens (tertiary/aromatic N) is 1. The van der Waals surface area contributed by atoms with Gasteiger partial charge in [0, 0.05) is 13.0 Å². The summed E-state index contributed by atoms with van der Waals surface area (Å²) in [6, 6.07) is 12.2. The van der Waals surface area contributed by atoms with Gasteiger partial charge in [-0.05, 0) is 61.9 Å². The maximum Gasteiger partial charge on any atom is 0.222 e. The van der Waals surface area contributed by atoms with E-state index in [0.29, 0.717) is 24.8 Å². The molecule has 0 N–H and O–H groups in total. The first-order chi connectivity index (χ1) is 12.9. The van der Waals surface area contributed by atoms with E-state index in [1.54, 1.807) is 6.26 Å². The van der Waals surface area contributed by atoms with Crippen molar-refractivity contribution in [3.05, 3.63) is 54.0 Å². The number of furan rings is 1. The van der Waals surface area contributed by atoms with E-state index in [1.807, 2.05) is 49.9 Å². The third-order valence-corrected chi connectivity index (χ3v) is 4.78. The summed E-state index contributed by atoms with van der Waals surface area (Å²) in [5, 5.41) is 0. The second kappa shape index (κ2) is 10.2. The Balaban J connectivity index is 2.06. The van der Waals surface area contributed by atoms with Gasteiger partial charge >= 0.3 is 0 Å². The fraction of sp³-hybridized carbons (Fsp3) is 0.522. The first kappa shape index (κ1) is 21.1. The van der Waals surface area contributed by atoms with Crippen LogP contribution in [0.1, 0.15) is 64.7 Å². The second-order valence-corrected chi connectivity index (χ2v) is 7.62. The van der Waals surface area contributed by atoms with Crippen LogP contribution in [0.5, 0.6) is 5.75 Å². The summed E-state index contributed by atoms with van der Waals surface area (Å²) in [5.41, 5.74) is 1.29. The van der Waals surface area contributed by atoms with Gasteiger partial charge < -0.3 is 14.1 Å². The molecule has 1 heterocycles. The van der Waals surface area contributed by atoms with Crippen molar-refractivity contribution >= 4 is 5.91 Å². The van der Waals surface area contributed by atoms with Gasteiger partial charge in [-0.2, -0.15) is 0 Å². The van der Waals surface area contributed by atoms with E-state index in [4.69, 9.17) is 9.15 Å². The molecule has 0 fully saturated rings. The molecule has 0 aliphatic heterocycles. The molecule has 0 aliphatic carbocycles. The van der Waals surface area contributed by atoms with E-state index in [9.17, 15) is 4.79 Å². The molecule has 0 saturated heterocycles. The highest BCUT2D eigenvalue weighted by Crippen LogP contribution is 2.30.